The van der Waals surface area contributed by atoms with Crippen molar-refractivity contribution in [3.8, 4) is 0 Å². The Bertz CT molecular complexity index is 1680. The fraction of sp³-hybridized carbons (Fsp3) is 0.613. The van der Waals surface area contributed by atoms with E-state index < -0.39 is 92.4 Å². The van der Waals surface area contributed by atoms with Gasteiger partial charge in [-0.2, -0.15) is 17.6 Å². The number of rotatable bonds is 11. The van der Waals surface area contributed by atoms with Crippen molar-refractivity contribution in [3.05, 3.63) is 30.3 Å². The molecule has 58 heavy (non-hydrogen) atoms. The highest BCUT2D eigenvalue weighted by Crippen LogP contribution is 2.29. The van der Waals surface area contributed by atoms with Crippen LogP contribution in [-0.2, 0) is 51.9 Å². The predicted molar refractivity (Wildman–Crippen MR) is 190 cm³/mol. The number of alkyl halides is 6. The third kappa shape index (κ3) is 15.9. The van der Waals surface area contributed by atoms with Crippen LogP contribution >= 0.6 is 0 Å². The maximum absolute atomic E-state index is 13.1. The lowest BCUT2D eigenvalue weighted by Crippen LogP contribution is -2.43. The van der Waals surface area contributed by atoms with E-state index in [4.69, 9.17) is 0 Å². The van der Waals surface area contributed by atoms with Gasteiger partial charge in [0.1, 0.15) is 18.1 Å². The minimum Gasteiger partial charge on any atom is -0.743 e. The van der Waals surface area contributed by atoms with Gasteiger partial charge in [0.25, 0.3) is 0 Å². The van der Waals surface area contributed by atoms with Crippen LogP contribution in [0.15, 0.2) is 35.2 Å². The Hall–Kier alpha value is -4.21. The van der Waals surface area contributed by atoms with E-state index in [1.54, 1.807) is 0 Å². The van der Waals surface area contributed by atoms with Gasteiger partial charge in [0.15, 0.2) is 20.2 Å². The summed E-state index contributed by atoms with van der Waals surface area (Å²) >= 11 is 3.36. The highest BCUT2D eigenvalue weighted by atomic mass is 32.2. The summed E-state index contributed by atoms with van der Waals surface area (Å²) in [5.41, 5.74) is 0. The molecule has 0 spiro atoms. The first-order chi connectivity index (χ1) is 26.5. The van der Waals surface area contributed by atoms with Gasteiger partial charge in [-0.1, -0.05) is 58.2 Å². The molecule has 0 N–H and O–H groups in total. The topological polar surface area (TPSA) is 248 Å². The largest absolute Gasteiger partial charge is 0.743 e. The SMILES string of the molecule is CC(=O)N1CCN(C(=O)OCC(F)C(F)(F)S(=O)(=O)[O-])C1=O.CC(=O)N1CCN(C(=O)OCC(F)C(F)(F)S(=O)(=O)[O-])C1=O.CCC(CC)CC.[SH2+]c1ccccc1. The van der Waals surface area contributed by atoms with Crippen LogP contribution in [0.4, 0.5) is 45.5 Å². The van der Waals surface area contributed by atoms with Crippen molar-refractivity contribution >= 4 is 68.9 Å². The Morgan fingerprint density at radius 3 is 1.16 bits per heavy atom. The molecule has 2 aliphatic rings. The van der Waals surface area contributed by atoms with E-state index in [9.17, 15) is 81.1 Å². The van der Waals surface area contributed by atoms with Crippen molar-refractivity contribution in [2.75, 3.05) is 39.4 Å². The second kappa shape index (κ2) is 23.4. The summed E-state index contributed by atoms with van der Waals surface area (Å²) in [6.45, 7) is 4.45. The van der Waals surface area contributed by atoms with Crippen LogP contribution < -0.4 is 0 Å². The first-order valence-corrected chi connectivity index (χ1v) is 20.1. The van der Waals surface area contributed by atoms with Crippen LogP contribution in [0.5, 0.6) is 0 Å². The van der Waals surface area contributed by atoms with E-state index in [0.29, 0.717) is 19.6 Å². The molecule has 27 heteroatoms. The average Bonchev–Trinajstić information content (AvgIpc) is 3.72. The molecule has 0 saturated carbocycles. The molecule has 18 nitrogen and oxygen atoms in total. The molecule has 2 unspecified atom stereocenters. The lowest BCUT2D eigenvalue weighted by atomic mass is 10.0. The molecule has 0 aromatic heterocycles. The highest BCUT2D eigenvalue weighted by Gasteiger charge is 2.50. The monoisotopic (exact) mass is 905 g/mol. The van der Waals surface area contributed by atoms with Crippen molar-refractivity contribution in [2.45, 2.75) is 81.6 Å². The number of ether oxygens (including phenoxy) is 2. The standard InChI is InChI=1S/2C9H11F3N2O7S.C7H16.C6H6S/c2*1-5(15)13-2-3-14(7(13)16)8(17)21-4-6(10)9(11,12)22(18,19)20;1-4-7(5-2)6-3;7-6-4-2-1-3-5-6/h2*6H,2-4H2,1H3,(H,18,19,20);7H,4-6H2,1-3H3;1-5,7H/p-1. The molecule has 2 fully saturated rings. The van der Waals surface area contributed by atoms with Crippen molar-refractivity contribution in [1.82, 2.24) is 19.6 Å². The number of carbonyl (C=O) groups excluding carboxylic acids is 6. The van der Waals surface area contributed by atoms with Gasteiger partial charge in [0, 0.05) is 26.9 Å². The Balaban J connectivity index is 0.000000842. The summed E-state index contributed by atoms with van der Waals surface area (Å²) in [4.78, 5) is 71.0. The summed E-state index contributed by atoms with van der Waals surface area (Å²) in [5.74, 6) is -0.361. The van der Waals surface area contributed by atoms with E-state index in [0.717, 1.165) is 24.7 Å². The number of imide groups is 4. The van der Waals surface area contributed by atoms with Crippen LogP contribution in [0.3, 0.4) is 0 Å². The van der Waals surface area contributed by atoms with Crippen LogP contribution in [0.1, 0.15) is 53.9 Å². The number of nitrogens with zero attached hydrogens (tertiary/aromatic N) is 4. The summed E-state index contributed by atoms with van der Waals surface area (Å²) in [6.07, 6.45) is -6.22. The lowest BCUT2D eigenvalue weighted by molar-refractivity contribution is -0.126. The van der Waals surface area contributed by atoms with E-state index in [2.05, 4.69) is 42.9 Å². The van der Waals surface area contributed by atoms with Crippen molar-refractivity contribution < 1.29 is 90.5 Å². The number of urea groups is 2. The molecule has 0 bridgehead atoms. The van der Waals surface area contributed by atoms with Crippen LogP contribution in [0.25, 0.3) is 0 Å². The molecule has 1 aromatic rings. The number of halogens is 6. The Morgan fingerprint density at radius 1 is 0.672 bits per heavy atom. The van der Waals surface area contributed by atoms with E-state index in [-0.39, 0.29) is 26.2 Å². The molecule has 2 saturated heterocycles. The zero-order valence-electron chi connectivity index (χ0n) is 31.6. The smallest absolute Gasteiger partial charge is 0.418 e. The van der Waals surface area contributed by atoms with Crippen molar-refractivity contribution in [1.29, 1.82) is 0 Å². The zero-order chi connectivity index (χ0) is 45.4. The molecule has 2 aliphatic heterocycles. The third-order valence-corrected chi connectivity index (χ3v) is 10.0. The molecule has 2 atom stereocenters. The van der Waals surface area contributed by atoms with E-state index in [1.165, 1.54) is 19.3 Å². The maximum Gasteiger partial charge on any atom is 0.418 e. The first kappa shape index (κ1) is 53.8. The van der Waals surface area contributed by atoms with Crippen LogP contribution in [0.2, 0.25) is 0 Å². The normalized spacial score (nSPS) is 15.6. The molecular weight excluding hydrogens is 863 g/mol. The molecule has 0 radical (unpaired) electrons. The molecule has 1 aromatic carbocycles. The fourth-order valence-corrected chi connectivity index (χ4v) is 5.21. The van der Waals surface area contributed by atoms with Crippen LogP contribution in [-0.4, -0.2) is 144 Å². The highest BCUT2D eigenvalue weighted by molar-refractivity contribution is 7.87. The number of hydrogen-bond donors (Lipinski definition) is 0. The average molecular weight is 906 g/mol. The fourth-order valence-electron chi connectivity index (χ4n) is 4.25. The van der Waals surface area contributed by atoms with Crippen LogP contribution in [0, 0.1) is 5.92 Å². The van der Waals surface area contributed by atoms with E-state index in [1.807, 2.05) is 30.3 Å². The number of amides is 8. The van der Waals surface area contributed by atoms with Gasteiger partial charge in [-0.3, -0.25) is 19.4 Å². The van der Waals surface area contributed by atoms with Gasteiger partial charge in [-0.25, -0.2) is 54.6 Å². The maximum atomic E-state index is 13.1. The number of carbonyl (C=O) groups is 6. The summed E-state index contributed by atoms with van der Waals surface area (Å²) < 4.78 is 146. The summed E-state index contributed by atoms with van der Waals surface area (Å²) in [5, 5.41) is -10.6. The van der Waals surface area contributed by atoms with Gasteiger partial charge in [-0.05, 0) is 30.7 Å². The molecule has 8 amide bonds. The second-order valence-electron chi connectivity index (χ2n) is 11.8. The van der Waals surface area contributed by atoms with E-state index >= 15 is 0 Å². The number of hydrogen-bond acceptors (Lipinski definition) is 14. The minimum atomic E-state index is -6.28. The molecule has 3 rings (SSSR count). The number of benzene rings is 1. The zero-order valence-corrected chi connectivity index (χ0v) is 34.2. The van der Waals surface area contributed by atoms with Gasteiger partial charge in [0.05, 0.1) is 13.1 Å². The summed E-state index contributed by atoms with van der Waals surface area (Å²) in [6, 6.07) is 7.79. The molecule has 332 valence electrons. The predicted octanol–water partition coefficient (Wildman–Crippen LogP) is 3.66. The second-order valence-corrected chi connectivity index (χ2v) is 15.3. The molecule has 2 heterocycles. The Morgan fingerprint density at radius 2 is 0.966 bits per heavy atom. The third-order valence-electron chi connectivity index (χ3n) is 7.83. The first-order valence-electron chi connectivity index (χ1n) is 16.8. The van der Waals surface area contributed by atoms with Gasteiger partial charge in [-0.15, -0.1) is 0 Å². The lowest BCUT2D eigenvalue weighted by Gasteiger charge is -2.23. The molecule has 0 aliphatic carbocycles. The summed E-state index contributed by atoms with van der Waals surface area (Å²) in [7, 11) is -12.6. The Labute approximate surface area is 335 Å². The van der Waals surface area contributed by atoms with Gasteiger partial charge in [0.2, 0.25) is 24.2 Å². The van der Waals surface area contributed by atoms with Gasteiger partial charge >= 0.3 is 34.8 Å². The Kier molecular flexibility index (Phi) is 21.7. The van der Waals surface area contributed by atoms with Crippen molar-refractivity contribution in [3.63, 3.8) is 0 Å². The minimum absolute atomic E-state index is 0.159. The molecular formula is C31H43F6N4O14S3-. The van der Waals surface area contributed by atoms with Gasteiger partial charge < -0.3 is 18.6 Å². The quantitative estimate of drug-likeness (QED) is 0.175. The van der Waals surface area contributed by atoms with Crippen molar-refractivity contribution in [2.24, 2.45) is 5.92 Å².